The highest BCUT2D eigenvalue weighted by Crippen LogP contribution is 2.29. The van der Waals surface area contributed by atoms with Gasteiger partial charge in [0.05, 0.1) is 12.0 Å². The third kappa shape index (κ3) is 3.13. The van der Waals surface area contributed by atoms with Gasteiger partial charge in [0.15, 0.2) is 0 Å². The number of hydrogen-bond acceptors (Lipinski definition) is 6. The number of hydrogen-bond donors (Lipinski definition) is 2. The summed E-state index contributed by atoms with van der Waals surface area (Å²) in [6.45, 7) is 4.39. The second-order valence-electron chi connectivity index (χ2n) is 4.95. The number of fused-ring (bicyclic) bond motifs is 1. The second-order valence-corrected chi connectivity index (χ2v) is 6.19. The first-order chi connectivity index (χ1) is 9.22. The molecule has 0 bridgehead atoms. The van der Waals surface area contributed by atoms with E-state index in [-0.39, 0.29) is 0 Å². The molecule has 2 aromatic heterocycles. The van der Waals surface area contributed by atoms with Crippen LogP contribution in [0.5, 0.6) is 0 Å². The van der Waals surface area contributed by atoms with E-state index in [1.165, 1.54) is 17.7 Å². The van der Waals surface area contributed by atoms with Crippen molar-refractivity contribution in [3.05, 3.63) is 10.9 Å². The molecule has 2 heterocycles. The molecular weight excluding hydrogens is 260 g/mol. The van der Waals surface area contributed by atoms with Crippen LogP contribution in [0.3, 0.4) is 0 Å². The van der Waals surface area contributed by atoms with Gasteiger partial charge in [-0.05, 0) is 31.7 Å². The number of aryl methyl sites for hydroxylation is 1. The van der Waals surface area contributed by atoms with Gasteiger partial charge in [-0.15, -0.1) is 11.3 Å². The van der Waals surface area contributed by atoms with Gasteiger partial charge in [0.25, 0.3) is 0 Å². The molecular formula is C13H18N4OS. The lowest BCUT2D eigenvalue weighted by Gasteiger charge is -2.07. The molecule has 0 saturated heterocycles. The first kappa shape index (κ1) is 12.6. The number of anilines is 2. The summed E-state index contributed by atoms with van der Waals surface area (Å²) in [7, 11) is 0. The van der Waals surface area contributed by atoms with Crippen molar-refractivity contribution in [2.24, 2.45) is 5.92 Å². The van der Waals surface area contributed by atoms with Gasteiger partial charge in [0.1, 0.15) is 10.6 Å². The van der Waals surface area contributed by atoms with Crippen LogP contribution in [-0.4, -0.2) is 29.7 Å². The van der Waals surface area contributed by atoms with E-state index in [2.05, 4.69) is 28.3 Å². The highest BCUT2D eigenvalue weighted by Gasteiger charge is 2.20. The van der Waals surface area contributed by atoms with E-state index in [1.807, 2.05) is 0 Å². The van der Waals surface area contributed by atoms with Gasteiger partial charge >= 0.3 is 0 Å². The van der Waals surface area contributed by atoms with Crippen molar-refractivity contribution >= 4 is 33.3 Å². The smallest absolute Gasteiger partial charge is 0.223 e. The van der Waals surface area contributed by atoms with Gasteiger partial charge in [0, 0.05) is 18.0 Å². The molecule has 6 heteroatoms. The normalized spacial score (nSPS) is 15.0. The van der Waals surface area contributed by atoms with Crippen LogP contribution in [0.25, 0.3) is 10.2 Å². The van der Waals surface area contributed by atoms with Crippen LogP contribution in [0, 0.1) is 12.8 Å². The average Bonchev–Trinajstić information content (AvgIpc) is 3.10. The summed E-state index contributed by atoms with van der Waals surface area (Å²) in [4.78, 5) is 10.7. The highest BCUT2D eigenvalue weighted by molar-refractivity contribution is 7.18. The lowest BCUT2D eigenvalue weighted by molar-refractivity contribution is 0.134. The molecule has 2 aromatic rings. The largest absolute Gasteiger partial charge is 0.379 e. The maximum atomic E-state index is 5.73. The molecule has 0 spiro atoms. The molecule has 0 aliphatic heterocycles. The third-order valence-corrected chi connectivity index (χ3v) is 4.07. The third-order valence-electron chi connectivity index (χ3n) is 3.12. The van der Waals surface area contributed by atoms with E-state index in [9.17, 15) is 0 Å². The quantitative estimate of drug-likeness (QED) is 0.794. The van der Waals surface area contributed by atoms with Gasteiger partial charge in [-0.3, -0.25) is 0 Å². The van der Waals surface area contributed by atoms with E-state index in [0.29, 0.717) is 12.6 Å². The zero-order chi connectivity index (χ0) is 13.2. The minimum absolute atomic E-state index is 0.316. The fraction of sp³-hybridized carbons (Fsp3) is 0.538. The van der Waals surface area contributed by atoms with Gasteiger partial charge in [0.2, 0.25) is 5.95 Å². The van der Waals surface area contributed by atoms with Gasteiger partial charge < -0.3 is 15.8 Å². The lowest BCUT2D eigenvalue weighted by Crippen LogP contribution is -2.12. The molecule has 5 nitrogen and oxygen atoms in total. The van der Waals surface area contributed by atoms with Crippen molar-refractivity contribution in [3.8, 4) is 0 Å². The van der Waals surface area contributed by atoms with Crippen LogP contribution in [-0.2, 0) is 4.74 Å². The number of aromatic nitrogens is 2. The van der Waals surface area contributed by atoms with Crippen molar-refractivity contribution in [3.63, 3.8) is 0 Å². The van der Waals surface area contributed by atoms with Crippen LogP contribution >= 0.6 is 11.3 Å². The molecule has 1 aliphatic carbocycles. The summed E-state index contributed by atoms with van der Waals surface area (Å²) in [5.41, 5.74) is 5.73. The standard InChI is InChI=1S/C13H18N4OS/c1-8-6-10-11(16-13(14)17-12(10)19-8)15-4-5-18-7-9-2-3-9/h6,9H,2-5,7H2,1H3,(H3,14,15,16,17). The molecule has 102 valence electrons. The van der Waals surface area contributed by atoms with Gasteiger partial charge in [-0.2, -0.15) is 4.98 Å². The van der Waals surface area contributed by atoms with Crippen molar-refractivity contribution in [1.82, 2.24) is 9.97 Å². The molecule has 19 heavy (non-hydrogen) atoms. The summed E-state index contributed by atoms with van der Waals surface area (Å²) in [5.74, 6) is 1.93. The minimum Gasteiger partial charge on any atom is -0.379 e. The number of nitrogens with one attached hydrogen (secondary N) is 1. The molecule has 0 amide bonds. The Hall–Kier alpha value is -1.40. The average molecular weight is 278 g/mol. The molecule has 0 atom stereocenters. The maximum absolute atomic E-state index is 5.73. The first-order valence-corrected chi connectivity index (χ1v) is 7.39. The Morgan fingerprint density at radius 3 is 3.11 bits per heavy atom. The molecule has 1 fully saturated rings. The fourth-order valence-corrected chi connectivity index (χ4v) is 2.86. The zero-order valence-electron chi connectivity index (χ0n) is 11.0. The van der Waals surface area contributed by atoms with Crippen LogP contribution in [0.4, 0.5) is 11.8 Å². The Morgan fingerprint density at radius 2 is 2.32 bits per heavy atom. The Morgan fingerprint density at radius 1 is 1.47 bits per heavy atom. The van der Waals surface area contributed by atoms with E-state index in [1.54, 1.807) is 11.3 Å². The summed E-state index contributed by atoms with van der Waals surface area (Å²) >= 11 is 1.63. The van der Waals surface area contributed by atoms with Crippen molar-refractivity contribution in [1.29, 1.82) is 0 Å². The van der Waals surface area contributed by atoms with Crippen LogP contribution in [0.15, 0.2) is 6.07 Å². The van der Waals surface area contributed by atoms with Crippen LogP contribution in [0.1, 0.15) is 17.7 Å². The first-order valence-electron chi connectivity index (χ1n) is 6.57. The summed E-state index contributed by atoms with van der Waals surface area (Å²) in [5, 5.41) is 4.33. The molecule has 3 rings (SSSR count). The van der Waals surface area contributed by atoms with E-state index >= 15 is 0 Å². The van der Waals surface area contributed by atoms with E-state index < -0.39 is 0 Å². The van der Waals surface area contributed by atoms with E-state index in [4.69, 9.17) is 10.5 Å². The topological polar surface area (TPSA) is 73.1 Å². The van der Waals surface area contributed by atoms with Crippen molar-refractivity contribution in [2.75, 3.05) is 30.8 Å². The molecule has 0 radical (unpaired) electrons. The fourth-order valence-electron chi connectivity index (χ4n) is 1.97. The number of thiophene rings is 1. The van der Waals surface area contributed by atoms with Crippen molar-refractivity contribution in [2.45, 2.75) is 19.8 Å². The molecule has 1 saturated carbocycles. The monoisotopic (exact) mass is 278 g/mol. The number of rotatable bonds is 6. The van der Waals surface area contributed by atoms with Crippen molar-refractivity contribution < 1.29 is 4.74 Å². The second kappa shape index (κ2) is 5.30. The molecule has 0 aromatic carbocycles. The Bertz CT molecular complexity index is 579. The highest BCUT2D eigenvalue weighted by atomic mass is 32.1. The number of nitrogens with zero attached hydrogens (tertiary/aromatic N) is 2. The number of ether oxygens (including phenoxy) is 1. The maximum Gasteiger partial charge on any atom is 0.223 e. The Kier molecular flexibility index (Phi) is 3.52. The molecule has 3 N–H and O–H groups in total. The molecule has 1 aliphatic rings. The van der Waals surface area contributed by atoms with Gasteiger partial charge in [-0.25, -0.2) is 4.98 Å². The summed E-state index contributed by atoms with van der Waals surface area (Å²) in [6.07, 6.45) is 2.65. The number of nitrogens with two attached hydrogens (primary N) is 1. The van der Waals surface area contributed by atoms with Crippen LogP contribution in [0.2, 0.25) is 0 Å². The Balaban J connectivity index is 1.62. The van der Waals surface area contributed by atoms with E-state index in [0.717, 1.165) is 35.1 Å². The predicted molar refractivity (Wildman–Crippen MR) is 78.6 cm³/mol. The number of nitrogen functional groups attached to an aromatic ring is 1. The molecule has 0 unspecified atom stereocenters. The zero-order valence-corrected chi connectivity index (χ0v) is 11.8. The Labute approximate surface area is 116 Å². The minimum atomic E-state index is 0.316. The summed E-state index contributed by atoms with van der Waals surface area (Å²) < 4.78 is 5.59. The van der Waals surface area contributed by atoms with Crippen LogP contribution < -0.4 is 11.1 Å². The predicted octanol–water partition coefficient (Wildman–Crippen LogP) is 2.42. The summed E-state index contributed by atoms with van der Waals surface area (Å²) in [6, 6.07) is 2.09. The lowest BCUT2D eigenvalue weighted by atomic mass is 10.3. The van der Waals surface area contributed by atoms with Gasteiger partial charge in [-0.1, -0.05) is 0 Å². The SMILES string of the molecule is Cc1cc2c(NCCOCC3CC3)nc(N)nc2s1.